The van der Waals surface area contributed by atoms with Crippen molar-refractivity contribution in [3.05, 3.63) is 95.6 Å². The number of aliphatic hydroxyl groups is 1. The number of amides is 4. The maximum atomic E-state index is 13.3. The van der Waals surface area contributed by atoms with Crippen LogP contribution in [0.3, 0.4) is 0 Å². The molecule has 236 valence electrons. The van der Waals surface area contributed by atoms with Gasteiger partial charge in [0.05, 0.1) is 6.10 Å². The second-order valence-electron chi connectivity index (χ2n) is 11.8. The first kappa shape index (κ1) is 34.3. The Morgan fingerprint density at radius 3 is 2.20 bits per heavy atom. The smallest absolute Gasteiger partial charge is 0.314 e. The minimum absolute atomic E-state index is 0.170. The van der Waals surface area contributed by atoms with Gasteiger partial charge in [0, 0.05) is 38.6 Å². The molecule has 0 aliphatic rings. The molecule has 0 fully saturated rings. The summed E-state index contributed by atoms with van der Waals surface area (Å²) in [5.41, 5.74) is 4.60. The summed E-state index contributed by atoms with van der Waals surface area (Å²) in [6.45, 7) is 6.60. The maximum Gasteiger partial charge on any atom is 0.314 e. The first-order valence-corrected chi connectivity index (χ1v) is 15.2. The predicted octanol–water partition coefficient (Wildman–Crippen LogP) is 4.05. The van der Waals surface area contributed by atoms with E-state index in [4.69, 9.17) is 0 Å². The Morgan fingerprint density at radius 2 is 1.52 bits per heavy atom. The molecule has 0 spiro atoms. The highest BCUT2D eigenvalue weighted by Crippen LogP contribution is 2.24. The number of hydrogen-bond donors (Lipinski definition) is 6. The highest BCUT2D eigenvalue weighted by molar-refractivity contribution is 5.88. The molecule has 0 bridgehead atoms. The van der Waals surface area contributed by atoms with Crippen molar-refractivity contribution in [2.45, 2.75) is 77.2 Å². The molecule has 3 aromatic carbocycles. The summed E-state index contributed by atoms with van der Waals surface area (Å²) >= 11 is 0. The summed E-state index contributed by atoms with van der Waals surface area (Å²) in [5.74, 6) is -0.447. The van der Waals surface area contributed by atoms with Gasteiger partial charge in [-0.05, 0) is 67.9 Å². The number of carbonyl (C=O) groups is 3. The average molecular weight is 602 g/mol. The Balaban J connectivity index is 1.63. The highest BCUT2D eigenvalue weighted by atomic mass is 16.3. The van der Waals surface area contributed by atoms with E-state index >= 15 is 0 Å². The van der Waals surface area contributed by atoms with Gasteiger partial charge < -0.3 is 31.7 Å². The number of aliphatic hydroxyl groups excluding tert-OH is 1. The second-order valence-corrected chi connectivity index (χ2v) is 11.8. The van der Waals surface area contributed by atoms with Crippen LogP contribution < -0.4 is 26.6 Å². The molecule has 0 saturated carbocycles. The molecule has 3 aromatic rings. The quantitative estimate of drug-likeness (QED) is 0.148. The zero-order valence-electron chi connectivity index (χ0n) is 26.3. The van der Waals surface area contributed by atoms with Gasteiger partial charge in [0.15, 0.2) is 0 Å². The molecule has 0 aliphatic carbocycles. The van der Waals surface area contributed by atoms with E-state index in [9.17, 15) is 19.5 Å². The van der Waals surface area contributed by atoms with Crippen LogP contribution in [0.15, 0.2) is 78.9 Å². The van der Waals surface area contributed by atoms with Crippen LogP contribution in [-0.2, 0) is 29.1 Å². The number of benzene rings is 3. The molecular formula is C35H47N5O4. The lowest BCUT2D eigenvalue weighted by molar-refractivity contribution is -0.130. The lowest BCUT2D eigenvalue weighted by atomic mass is 9.98. The third-order valence-corrected chi connectivity index (χ3v) is 7.35. The number of β-amino-alcohol motifs (C(OH)–C–C–N with tert-alkyl or cyclic N) is 1. The molecule has 3 rings (SSSR count). The highest BCUT2D eigenvalue weighted by Gasteiger charge is 2.26. The number of hydrogen-bond acceptors (Lipinski definition) is 5. The van der Waals surface area contributed by atoms with Crippen LogP contribution in [0.4, 0.5) is 4.79 Å². The lowest BCUT2D eigenvalue weighted by Crippen LogP contribution is -2.51. The van der Waals surface area contributed by atoms with Gasteiger partial charge in [0.25, 0.3) is 0 Å². The van der Waals surface area contributed by atoms with E-state index in [2.05, 4.69) is 38.7 Å². The molecule has 0 radical (unpaired) electrons. The monoisotopic (exact) mass is 601 g/mol. The first-order valence-electron chi connectivity index (χ1n) is 15.2. The molecule has 4 amide bonds. The van der Waals surface area contributed by atoms with E-state index in [1.807, 2.05) is 80.6 Å². The van der Waals surface area contributed by atoms with Crippen molar-refractivity contribution >= 4 is 17.8 Å². The molecule has 0 heterocycles. The van der Waals surface area contributed by atoms with Crippen molar-refractivity contribution in [2.75, 3.05) is 13.6 Å². The minimum atomic E-state index is -0.669. The third-order valence-electron chi connectivity index (χ3n) is 7.35. The van der Waals surface area contributed by atoms with Crippen LogP contribution in [-0.4, -0.2) is 54.2 Å². The van der Waals surface area contributed by atoms with E-state index in [1.165, 1.54) is 5.56 Å². The zero-order valence-corrected chi connectivity index (χ0v) is 26.3. The van der Waals surface area contributed by atoms with E-state index in [0.717, 1.165) is 35.1 Å². The number of carbonyl (C=O) groups excluding carboxylic acids is 3. The largest absolute Gasteiger partial charge is 0.392 e. The Kier molecular flexibility index (Phi) is 13.4. The van der Waals surface area contributed by atoms with E-state index in [0.29, 0.717) is 26.1 Å². The lowest BCUT2D eigenvalue weighted by Gasteiger charge is -2.28. The van der Waals surface area contributed by atoms with Crippen molar-refractivity contribution in [2.24, 2.45) is 0 Å². The van der Waals surface area contributed by atoms with Crippen molar-refractivity contribution in [1.29, 1.82) is 0 Å². The van der Waals surface area contributed by atoms with Crippen LogP contribution in [0.2, 0.25) is 0 Å². The van der Waals surface area contributed by atoms with Crippen LogP contribution in [0.1, 0.15) is 56.7 Å². The van der Waals surface area contributed by atoms with Crippen molar-refractivity contribution in [3.63, 3.8) is 0 Å². The summed E-state index contributed by atoms with van der Waals surface area (Å²) in [6, 6.07) is 25.0. The molecule has 9 nitrogen and oxygen atoms in total. The standard InChI is InChI=1S/C35H47N5O4/c1-25(41)22-39-35(2,3)21-32(42)40-31(16-10-13-26-11-6-5-7-12-26)33(43)37-23-27-17-19-28(20-18-27)30-15-9-8-14-29(30)24-38-34(44)36-4/h5-9,11-12,14-15,17-20,25,31,39,41H,10,13,16,21-24H2,1-4H3,(H,37,43)(H,40,42)(H2,36,38,44)/t25-,31-/m1/s1. The molecule has 0 aliphatic heterocycles. The van der Waals surface area contributed by atoms with Gasteiger partial charge in [-0.3, -0.25) is 9.59 Å². The maximum absolute atomic E-state index is 13.3. The average Bonchev–Trinajstić information content (AvgIpc) is 3.01. The summed E-state index contributed by atoms with van der Waals surface area (Å²) in [6.07, 6.45) is 1.71. The fourth-order valence-corrected chi connectivity index (χ4v) is 4.89. The topological polar surface area (TPSA) is 132 Å². The van der Waals surface area contributed by atoms with Crippen molar-refractivity contribution in [1.82, 2.24) is 26.6 Å². The van der Waals surface area contributed by atoms with Gasteiger partial charge in [0.2, 0.25) is 11.8 Å². The summed E-state index contributed by atoms with van der Waals surface area (Å²) in [5, 5.41) is 24.2. The minimum Gasteiger partial charge on any atom is -0.392 e. The van der Waals surface area contributed by atoms with Crippen molar-refractivity contribution < 1.29 is 19.5 Å². The molecule has 0 saturated heterocycles. The van der Waals surface area contributed by atoms with Crippen LogP contribution in [0.5, 0.6) is 0 Å². The fraction of sp³-hybridized carbons (Fsp3) is 0.400. The van der Waals surface area contributed by atoms with E-state index in [-0.39, 0.29) is 24.3 Å². The first-order chi connectivity index (χ1) is 21.1. The van der Waals surface area contributed by atoms with Gasteiger partial charge in [-0.15, -0.1) is 0 Å². The second kappa shape index (κ2) is 17.2. The van der Waals surface area contributed by atoms with Crippen LogP contribution >= 0.6 is 0 Å². The predicted molar refractivity (Wildman–Crippen MR) is 175 cm³/mol. The molecule has 0 unspecified atom stereocenters. The third kappa shape index (κ3) is 11.8. The molecule has 9 heteroatoms. The van der Waals surface area contributed by atoms with Crippen molar-refractivity contribution in [3.8, 4) is 11.1 Å². The Hall–Kier alpha value is -4.21. The number of nitrogens with one attached hydrogen (secondary N) is 5. The Bertz CT molecular complexity index is 1340. The number of rotatable bonds is 16. The van der Waals surface area contributed by atoms with Gasteiger partial charge in [-0.1, -0.05) is 78.9 Å². The molecule has 2 atom stereocenters. The summed E-state index contributed by atoms with van der Waals surface area (Å²) < 4.78 is 0. The number of urea groups is 1. The SMILES string of the molecule is CNC(=O)NCc1ccccc1-c1ccc(CNC(=O)[C@@H](CCCc2ccccc2)NC(=O)CC(C)(C)NC[C@@H](C)O)cc1. The zero-order chi connectivity index (χ0) is 32.0. The Morgan fingerprint density at radius 1 is 0.841 bits per heavy atom. The summed E-state index contributed by atoms with van der Waals surface area (Å²) in [4.78, 5) is 38.0. The fourth-order valence-electron chi connectivity index (χ4n) is 4.89. The van der Waals surface area contributed by atoms with Gasteiger partial charge >= 0.3 is 6.03 Å². The van der Waals surface area contributed by atoms with Crippen LogP contribution in [0, 0.1) is 0 Å². The van der Waals surface area contributed by atoms with E-state index in [1.54, 1.807) is 14.0 Å². The van der Waals surface area contributed by atoms with Gasteiger partial charge in [-0.2, -0.15) is 0 Å². The van der Waals surface area contributed by atoms with E-state index < -0.39 is 17.7 Å². The van der Waals surface area contributed by atoms with Gasteiger partial charge in [0.1, 0.15) is 6.04 Å². The molecule has 6 N–H and O–H groups in total. The molecule has 0 aromatic heterocycles. The van der Waals surface area contributed by atoms with Crippen LogP contribution in [0.25, 0.3) is 11.1 Å². The molecule has 44 heavy (non-hydrogen) atoms. The normalized spacial score (nSPS) is 12.6. The van der Waals surface area contributed by atoms with Gasteiger partial charge in [-0.25, -0.2) is 4.79 Å². The summed E-state index contributed by atoms with van der Waals surface area (Å²) in [7, 11) is 1.58. The Labute approximate surface area is 261 Å². The molecular weight excluding hydrogens is 554 g/mol. The number of aryl methyl sites for hydroxylation is 1.